The molecule has 3 heterocycles. The van der Waals surface area contributed by atoms with Crippen LogP contribution in [0.25, 0.3) is 0 Å². The molecule has 3 aromatic rings. The second kappa shape index (κ2) is 13.1. The Morgan fingerprint density at radius 2 is 1.82 bits per heavy atom. The van der Waals surface area contributed by atoms with Crippen LogP contribution in [0.15, 0.2) is 34.7 Å². The maximum absolute atomic E-state index is 12.8. The minimum atomic E-state index is -0.145. The molecule has 0 atom stereocenters. The molecule has 1 aliphatic heterocycles. The van der Waals surface area contributed by atoms with Gasteiger partial charge in [0.15, 0.2) is 17.4 Å². The number of furan rings is 1. The molecule has 3 N–H and O–H groups in total. The predicted molar refractivity (Wildman–Crippen MR) is 133 cm³/mol. The highest BCUT2D eigenvalue weighted by Gasteiger charge is 2.22. The molecule has 9 heteroatoms. The van der Waals surface area contributed by atoms with Crippen LogP contribution in [0.5, 0.6) is 5.75 Å². The van der Waals surface area contributed by atoms with Gasteiger partial charge in [-0.3, -0.25) is 4.79 Å². The number of piperidine rings is 1. The molecule has 0 aliphatic carbocycles. The van der Waals surface area contributed by atoms with Crippen molar-refractivity contribution in [1.82, 2.24) is 13.6 Å². The number of hydrogen-bond acceptors (Lipinski definition) is 8. The van der Waals surface area contributed by atoms with Gasteiger partial charge in [0, 0.05) is 13.1 Å². The highest BCUT2D eigenvalue weighted by molar-refractivity contribution is 6.99. The van der Waals surface area contributed by atoms with Crippen LogP contribution in [-0.4, -0.2) is 37.8 Å². The van der Waals surface area contributed by atoms with Gasteiger partial charge in [-0.25, -0.2) is 0 Å². The highest BCUT2D eigenvalue weighted by Crippen LogP contribution is 2.33. The number of hydrogen-bond donors (Lipinski definition) is 3. The summed E-state index contributed by atoms with van der Waals surface area (Å²) >= 11 is 1.05. The average Bonchev–Trinajstić information content (AvgIpc) is 3.50. The third kappa shape index (κ3) is 6.73. The molecule has 1 aromatic carbocycles. The molecule has 2 aromatic heterocycles. The number of nitrogens with one attached hydrogen (secondary N) is 2. The molecule has 1 fully saturated rings. The number of anilines is 3. The number of para-hydroxylation sites is 1. The number of aromatic hydroxyl groups is 1. The Kier molecular flexibility index (Phi) is 10.2. The van der Waals surface area contributed by atoms with Crippen LogP contribution in [0.1, 0.15) is 55.0 Å². The molecule has 1 saturated heterocycles. The molecular weight excluding hydrogens is 438 g/mol. The lowest BCUT2D eigenvalue weighted by Crippen LogP contribution is -2.35. The number of likely N-dealkylation sites (tertiary alicyclic amines) is 1. The van der Waals surface area contributed by atoms with Crippen molar-refractivity contribution < 1.29 is 14.3 Å². The molecule has 1 amide bonds. The highest BCUT2D eigenvalue weighted by atomic mass is 32.1. The lowest BCUT2D eigenvalue weighted by atomic mass is 10.1. The van der Waals surface area contributed by atoms with Crippen LogP contribution in [0.4, 0.5) is 17.3 Å². The van der Waals surface area contributed by atoms with E-state index in [0.29, 0.717) is 29.4 Å². The fraction of sp³-hybridized carbons (Fsp3) is 0.375. The normalized spacial score (nSPS) is 12.6. The number of carbonyl (C=O) groups is 1. The van der Waals surface area contributed by atoms with Gasteiger partial charge >= 0.3 is 0 Å². The smallest absolute Gasteiger partial charge is 0.257 e. The first-order valence-corrected chi connectivity index (χ1v) is 11.7. The van der Waals surface area contributed by atoms with Crippen molar-refractivity contribution in [2.75, 3.05) is 23.7 Å². The van der Waals surface area contributed by atoms with Crippen molar-refractivity contribution in [2.45, 2.75) is 46.6 Å². The SMILES string of the molecule is C#C.CC.Cc1ccc(CNc2nsnc2Nc2cccc(C(=O)N3CCCCC3)c2O)o1. The van der Waals surface area contributed by atoms with E-state index in [1.807, 2.05) is 32.9 Å². The minimum absolute atomic E-state index is 0.0799. The number of aryl methyl sites for hydroxylation is 1. The lowest BCUT2D eigenvalue weighted by molar-refractivity contribution is 0.0721. The summed E-state index contributed by atoms with van der Waals surface area (Å²) < 4.78 is 14.1. The van der Waals surface area contributed by atoms with Crippen molar-refractivity contribution in [2.24, 2.45) is 0 Å². The summed E-state index contributed by atoms with van der Waals surface area (Å²) in [7, 11) is 0. The maximum atomic E-state index is 12.8. The largest absolute Gasteiger partial charge is 0.505 e. The van der Waals surface area contributed by atoms with E-state index < -0.39 is 0 Å². The number of benzene rings is 1. The second-order valence-electron chi connectivity index (χ2n) is 7.01. The van der Waals surface area contributed by atoms with Crippen molar-refractivity contribution in [3.8, 4) is 18.6 Å². The first-order chi connectivity index (χ1) is 16.1. The molecule has 33 heavy (non-hydrogen) atoms. The standard InChI is InChI=1S/C20H23N5O3S.C2H6.C2H2/c1-13-8-9-14(28-13)12-21-18-19(24-29-23-18)22-16-7-5-6-15(17(16)26)20(27)25-10-3-2-4-11-25;2*1-2/h5-9,26H,2-4,10-12H2,1H3,(H,21,23)(H,22,24);1-2H3;1-2H. The summed E-state index contributed by atoms with van der Waals surface area (Å²) in [4.78, 5) is 14.6. The fourth-order valence-corrected chi connectivity index (χ4v) is 3.84. The van der Waals surface area contributed by atoms with Crippen LogP contribution in [0.3, 0.4) is 0 Å². The molecule has 176 valence electrons. The van der Waals surface area contributed by atoms with Gasteiger partial charge in [-0.05, 0) is 50.5 Å². The van der Waals surface area contributed by atoms with Gasteiger partial charge in [-0.15, -0.1) is 12.8 Å². The van der Waals surface area contributed by atoms with Gasteiger partial charge in [0.05, 0.1) is 29.5 Å². The third-order valence-electron chi connectivity index (χ3n) is 4.88. The van der Waals surface area contributed by atoms with Gasteiger partial charge in [0.1, 0.15) is 11.5 Å². The van der Waals surface area contributed by atoms with E-state index in [9.17, 15) is 9.90 Å². The van der Waals surface area contributed by atoms with Crippen molar-refractivity contribution >= 4 is 35.0 Å². The minimum Gasteiger partial charge on any atom is -0.505 e. The zero-order valence-electron chi connectivity index (χ0n) is 19.3. The van der Waals surface area contributed by atoms with E-state index in [1.165, 1.54) is 0 Å². The molecule has 4 rings (SSSR count). The number of rotatable bonds is 6. The first kappa shape index (κ1) is 25.7. The number of phenols is 1. The molecule has 0 spiro atoms. The summed E-state index contributed by atoms with van der Waals surface area (Å²) in [6.45, 7) is 7.81. The average molecular weight is 470 g/mol. The van der Waals surface area contributed by atoms with E-state index >= 15 is 0 Å². The lowest BCUT2D eigenvalue weighted by Gasteiger charge is -2.27. The summed E-state index contributed by atoms with van der Waals surface area (Å²) in [6.07, 6.45) is 11.1. The number of nitrogens with zero attached hydrogens (tertiary/aromatic N) is 3. The van der Waals surface area contributed by atoms with E-state index in [2.05, 4.69) is 32.2 Å². The van der Waals surface area contributed by atoms with Crippen molar-refractivity contribution in [3.05, 3.63) is 47.4 Å². The fourth-order valence-electron chi connectivity index (χ4n) is 3.35. The number of aromatic nitrogens is 2. The predicted octanol–water partition coefficient (Wildman–Crippen LogP) is 5.40. The Hall–Kier alpha value is -3.51. The zero-order valence-corrected chi connectivity index (χ0v) is 20.1. The van der Waals surface area contributed by atoms with Crippen LogP contribution < -0.4 is 10.6 Å². The summed E-state index contributed by atoms with van der Waals surface area (Å²) in [6, 6.07) is 8.91. The Balaban J connectivity index is 0.000000914. The van der Waals surface area contributed by atoms with Crippen LogP contribution in [0, 0.1) is 19.8 Å². The number of amides is 1. The molecule has 1 aliphatic rings. The van der Waals surface area contributed by atoms with Crippen molar-refractivity contribution in [3.63, 3.8) is 0 Å². The number of terminal acetylenes is 1. The Morgan fingerprint density at radius 3 is 2.48 bits per heavy atom. The Labute approximate surface area is 199 Å². The van der Waals surface area contributed by atoms with Gasteiger partial charge < -0.3 is 25.1 Å². The van der Waals surface area contributed by atoms with E-state index in [4.69, 9.17) is 4.42 Å². The van der Waals surface area contributed by atoms with Gasteiger partial charge in [-0.2, -0.15) is 8.75 Å². The van der Waals surface area contributed by atoms with Crippen LogP contribution >= 0.6 is 11.7 Å². The Morgan fingerprint density at radius 1 is 1.12 bits per heavy atom. The zero-order chi connectivity index (χ0) is 24.2. The summed E-state index contributed by atoms with van der Waals surface area (Å²) in [5, 5.41) is 17.0. The molecule has 0 unspecified atom stereocenters. The number of phenolic OH excluding ortho intramolecular Hbond substituents is 1. The summed E-state index contributed by atoms with van der Waals surface area (Å²) in [5.41, 5.74) is 0.707. The molecule has 0 radical (unpaired) electrons. The molecular formula is C24H31N5O3S. The quantitative estimate of drug-likeness (QED) is 0.328. The summed E-state index contributed by atoms with van der Waals surface area (Å²) in [5.74, 6) is 2.44. The number of carbonyl (C=O) groups excluding carboxylic acids is 1. The maximum Gasteiger partial charge on any atom is 0.257 e. The molecule has 8 nitrogen and oxygen atoms in total. The topological polar surface area (TPSA) is 104 Å². The molecule has 0 saturated carbocycles. The van der Waals surface area contributed by atoms with Crippen molar-refractivity contribution in [1.29, 1.82) is 0 Å². The Bertz CT molecular complexity index is 1040. The van der Waals surface area contributed by atoms with Gasteiger partial charge in [0.25, 0.3) is 5.91 Å². The van der Waals surface area contributed by atoms with Crippen LogP contribution in [0.2, 0.25) is 0 Å². The van der Waals surface area contributed by atoms with Gasteiger partial charge in [0.2, 0.25) is 0 Å². The van der Waals surface area contributed by atoms with Crippen LogP contribution in [-0.2, 0) is 6.54 Å². The molecule has 0 bridgehead atoms. The van der Waals surface area contributed by atoms with E-state index in [0.717, 1.165) is 55.6 Å². The van der Waals surface area contributed by atoms with E-state index in [-0.39, 0.29) is 11.7 Å². The monoisotopic (exact) mass is 469 g/mol. The van der Waals surface area contributed by atoms with E-state index in [1.54, 1.807) is 23.1 Å². The second-order valence-corrected chi connectivity index (χ2v) is 7.54. The van der Waals surface area contributed by atoms with Gasteiger partial charge in [-0.1, -0.05) is 19.9 Å². The third-order valence-corrected chi connectivity index (χ3v) is 5.41. The first-order valence-electron chi connectivity index (χ1n) is 10.9.